The van der Waals surface area contributed by atoms with Gasteiger partial charge in [-0.25, -0.2) is 19.7 Å². The van der Waals surface area contributed by atoms with Crippen LogP contribution in [0.1, 0.15) is 39.9 Å². The minimum Gasteiger partial charge on any atom is -0.465 e. The number of ether oxygens (including phenoxy) is 1. The number of pyridine rings is 1. The van der Waals surface area contributed by atoms with Crippen LogP contribution in [0, 0.1) is 0 Å². The van der Waals surface area contributed by atoms with Crippen molar-refractivity contribution in [3.8, 4) is 0 Å². The maximum Gasteiger partial charge on any atom is 0.419 e. The lowest BCUT2D eigenvalue weighted by atomic mass is 10.1. The predicted octanol–water partition coefficient (Wildman–Crippen LogP) is 5.06. The van der Waals surface area contributed by atoms with E-state index in [0.717, 1.165) is 17.3 Å². The van der Waals surface area contributed by atoms with Gasteiger partial charge in [0, 0.05) is 37.0 Å². The molecule has 0 aliphatic carbocycles. The Hall–Kier alpha value is -3.95. The minimum absolute atomic E-state index is 0.0891. The van der Waals surface area contributed by atoms with E-state index >= 15 is 0 Å². The van der Waals surface area contributed by atoms with Gasteiger partial charge in [0.1, 0.15) is 11.6 Å². The van der Waals surface area contributed by atoms with E-state index in [1.165, 1.54) is 19.4 Å². The van der Waals surface area contributed by atoms with Gasteiger partial charge in [-0.3, -0.25) is 0 Å². The summed E-state index contributed by atoms with van der Waals surface area (Å²) in [7, 11) is 1.32. The fraction of sp³-hybridized carbons (Fsp3) is 0.280. The molecule has 0 unspecified atom stereocenters. The van der Waals surface area contributed by atoms with Crippen molar-refractivity contribution >= 4 is 28.9 Å². The molecule has 10 heteroatoms. The number of fused-ring (bicyclic) bond motifs is 1. The highest BCUT2D eigenvalue weighted by molar-refractivity contribution is 5.89. The second kappa shape index (κ2) is 9.73. The monoisotopic (exact) mass is 483 g/mol. The Morgan fingerprint density at radius 3 is 2.49 bits per heavy atom. The number of esters is 1. The molecule has 0 amide bonds. The van der Waals surface area contributed by atoms with Gasteiger partial charge in [0.15, 0.2) is 5.82 Å². The van der Waals surface area contributed by atoms with Crippen molar-refractivity contribution in [2.45, 2.75) is 25.9 Å². The third kappa shape index (κ3) is 5.26. The Morgan fingerprint density at radius 1 is 1.11 bits per heavy atom. The number of rotatable bonds is 5. The number of hydrogen-bond donors (Lipinski definition) is 1. The zero-order chi connectivity index (χ0) is 25.2. The molecule has 1 N–H and O–H groups in total. The smallest absolute Gasteiger partial charge is 0.419 e. The Morgan fingerprint density at radius 2 is 1.83 bits per heavy atom. The summed E-state index contributed by atoms with van der Waals surface area (Å²) in [5, 5.41) is 3.27. The van der Waals surface area contributed by atoms with E-state index in [9.17, 15) is 18.0 Å². The summed E-state index contributed by atoms with van der Waals surface area (Å²) in [6, 6.07) is 9.06. The lowest BCUT2D eigenvalue weighted by Gasteiger charge is -2.24. The number of nitrogens with one attached hydrogen (secondary N) is 1. The molecule has 182 valence electrons. The summed E-state index contributed by atoms with van der Waals surface area (Å²) in [4.78, 5) is 26.7. The van der Waals surface area contributed by atoms with Crippen LogP contribution in [-0.2, 0) is 23.8 Å². The quantitative estimate of drug-likeness (QED) is 0.508. The number of anilines is 3. The number of nitrogens with zero attached hydrogens (tertiary/aromatic N) is 4. The van der Waals surface area contributed by atoms with Gasteiger partial charge in [0.05, 0.1) is 23.9 Å². The number of carbonyl (C=O) groups excluding carboxylic acids is 1. The highest BCUT2D eigenvalue weighted by Crippen LogP contribution is 2.36. The van der Waals surface area contributed by atoms with Gasteiger partial charge in [-0.1, -0.05) is 6.58 Å². The molecular formula is C25H24F3N5O2. The van der Waals surface area contributed by atoms with E-state index in [4.69, 9.17) is 4.74 Å². The standard InChI is InChI=1S/C25H24F3N5O2/c1-15(2)21-31-20-11-14-33(23-19(25(26,27)28)5-4-12-29-23)13-10-18(20)22(32-21)30-17-8-6-16(7-9-17)24(34)35-3/h4-9,12H,1,10-11,13-14H2,2-3H3,(H,30,31,32). The van der Waals surface area contributed by atoms with Crippen LogP contribution < -0.4 is 10.2 Å². The molecule has 3 aromatic rings. The van der Waals surface area contributed by atoms with E-state index in [1.54, 1.807) is 36.1 Å². The Balaban J connectivity index is 1.66. The van der Waals surface area contributed by atoms with Gasteiger partial charge < -0.3 is 15.0 Å². The number of methoxy groups -OCH3 is 1. The highest BCUT2D eigenvalue weighted by atomic mass is 19.4. The van der Waals surface area contributed by atoms with E-state index in [1.807, 2.05) is 0 Å². The second-order valence-corrected chi connectivity index (χ2v) is 8.15. The highest BCUT2D eigenvalue weighted by Gasteiger charge is 2.36. The molecular weight excluding hydrogens is 459 g/mol. The van der Waals surface area contributed by atoms with Crippen LogP contribution in [0.25, 0.3) is 5.57 Å². The normalized spacial score (nSPS) is 13.6. The van der Waals surface area contributed by atoms with Crippen molar-refractivity contribution in [1.29, 1.82) is 0 Å². The average molecular weight is 483 g/mol. The molecule has 0 radical (unpaired) electrons. The van der Waals surface area contributed by atoms with Gasteiger partial charge in [0.25, 0.3) is 0 Å². The second-order valence-electron chi connectivity index (χ2n) is 8.15. The maximum atomic E-state index is 13.6. The maximum absolute atomic E-state index is 13.6. The summed E-state index contributed by atoms with van der Waals surface area (Å²) in [5.74, 6) is 0.482. The molecule has 0 saturated heterocycles. The van der Waals surface area contributed by atoms with E-state index in [2.05, 4.69) is 26.8 Å². The fourth-order valence-corrected chi connectivity index (χ4v) is 3.92. The number of aromatic nitrogens is 3. The molecule has 3 heterocycles. The lowest BCUT2D eigenvalue weighted by molar-refractivity contribution is -0.137. The van der Waals surface area contributed by atoms with Gasteiger partial charge in [-0.15, -0.1) is 0 Å². The molecule has 0 spiro atoms. The van der Waals surface area contributed by atoms with Crippen LogP contribution in [0.5, 0.6) is 0 Å². The van der Waals surface area contributed by atoms with Crippen molar-refractivity contribution in [2.75, 3.05) is 30.4 Å². The Labute approximate surface area is 200 Å². The number of carbonyl (C=O) groups is 1. The third-order valence-corrected chi connectivity index (χ3v) is 5.69. The molecule has 1 aliphatic heterocycles. The van der Waals surface area contributed by atoms with Crippen molar-refractivity contribution in [3.63, 3.8) is 0 Å². The first-order valence-corrected chi connectivity index (χ1v) is 11.0. The largest absolute Gasteiger partial charge is 0.465 e. The topological polar surface area (TPSA) is 80.2 Å². The number of alkyl halides is 3. The fourth-order valence-electron chi connectivity index (χ4n) is 3.92. The van der Waals surface area contributed by atoms with Crippen molar-refractivity contribution in [3.05, 3.63) is 77.4 Å². The van der Waals surface area contributed by atoms with Crippen LogP contribution in [0.2, 0.25) is 0 Å². The van der Waals surface area contributed by atoms with Crippen LogP contribution >= 0.6 is 0 Å². The minimum atomic E-state index is -4.50. The van der Waals surface area contributed by atoms with E-state index in [0.29, 0.717) is 54.4 Å². The van der Waals surface area contributed by atoms with Crippen molar-refractivity contribution in [2.24, 2.45) is 0 Å². The molecule has 7 nitrogen and oxygen atoms in total. The summed E-state index contributed by atoms with van der Waals surface area (Å²) < 4.78 is 45.5. The van der Waals surface area contributed by atoms with Crippen LogP contribution in [-0.4, -0.2) is 41.1 Å². The zero-order valence-electron chi connectivity index (χ0n) is 19.3. The molecule has 1 aromatic carbocycles. The molecule has 2 aromatic heterocycles. The average Bonchev–Trinajstić information content (AvgIpc) is 3.06. The molecule has 0 fully saturated rings. The van der Waals surface area contributed by atoms with Crippen molar-refractivity contribution in [1.82, 2.24) is 15.0 Å². The van der Waals surface area contributed by atoms with Crippen molar-refractivity contribution < 1.29 is 22.7 Å². The third-order valence-electron chi connectivity index (χ3n) is 5.69. The van der Waals surface area contributed by atoms with Gasteiger partial charge in [-0.05, 0) is 55.3 Å². The summed E-state index contributed by atoms with van der Waals surface area (Å²) in [6.45, 7) is 6.38. The van der Waals surface area contributed by atoms with Gasteiger partial charge in [-0.2, -0.15) is 13.2 Å². The molecule has 0 bridgehead atoms. The van der Waals surface area contributed by atoms with Gasteiger partial charge >= 0.3 is 12.1 Å². The Bertz CT molecular complexity index is 1260. The van der Waals surface area contributed by atoms with Crippen LogP contribution in [0.15, 0.2) is 49.2 Å². The van der Waals surface area contributed by atoms with E-state index < -0.39 is 17.7 Å². The number of halogens is 3. The molecule has 0 atom stereocenters. The Kier molecular flexibility index (Phi) is 6.72. The predicted molar refractivity (Wildman–Crippen MR) is 127 cm³/mol. The molecule has 35 heavy (non-hydrogen) atoms. The SMILES string of the molecule is C=C(C)c1nc2c(c(Nc3ccc(C(=O)OC)cc3)n1)CCN(c1ncccc1C(F)(F)F)CC2. The first kappa shape index (κ1) is 24.2. The molecule has 1 aliphatic rings. The zero-order valence-corrected chi connectivity index (χ0v) is 19.3. The number of benzene rings is 1. The summed E-state index contributed by atoms with van der Waals surface area (Å²) in [5.41, 5.74) is 2.58. The molecule has 0 saturated carbocycles. The van der Waals surface area contributed by atoms with Gasteiger partial charge in [0.2, 0.25) is 0 Å². The van der Waals surface area contributed by atoms with Crippen LogP contribution in [0.4, 0.5) is 30.5 Å². The lowest BCUT2D eigenvalue weighted by Crippen LogP contribution is -2.29. The first-order valence-electron chi connectivity index (χ1n) is 11.0. The van der Waals surface area contributed by atoms with E-state index in [-0.39, 0.29) is 5.82 Å². The molecule has 4 rings (SSSR count). The number of allylic oxidation sites excluding steroid dienone is 1. The summed E-state index contributed by atoms with van der Waals surface area (Å²) >= 11 is 0. The number of hydrogen-bond acceptors (Lipinski definition) is 7. The first-order chi connectivity index (χ1) is 16.7. The summed E-state index contributed by atoms with van der Waals surface area (Å²) in [6.07, 6.45) is -2.30. The van der Waals surface area contributed by atoms with Crippen LogP contribution in [0.3, 0.4) is 0 Å².